The van der Waals surface area contributed by atoms with E-state index in [1.807, 2.05) is 54.6 Å². The lowest BCUT2D eigenvalue weighted by Crippen LogP contribution is -2.29. The van der Waals surface area contributed by atoms with E-state index in [0.29, 0.717) is 22.9 Å². The number of fused-ring (bicyclic) bond motifs is 2. The van der Waals surface area contributed by atoms with Crippen molar-refractivity contribution in [3.05, 3.63) is 70.9 Å². The number of aromatic nitrogens is 1. The molecule has 1 heterocycles. The number of allylic oxidation sites excluding steroid dienone is 1. The maximum Gasteiger partial charge on any atom is 0.339 e. The molecule has 7 heteroatoms. The minimum atomic E-state index is -0.550. The van der Waals surface area contributed by atoms with Crippen molar-refractivity contribution in [2.75, 3.05) is 20.3 Å². The molecule has 0 unspecified atom stereocenters. The van der Waals surface area contributed by atoms with E-state index in [4.69, 9.17) is 19.7 Å². The number of ether oxygens (including phenoxy) is 2. The number of para-hydroxylation sites is 1. The number of hydrogen-bond donors (Lipinski definition) is 1. The van der Waals surface area contributed by atoms with Crippen LogP contribution in [0.3, 0.4) is 0 Å². The summed E-state index contributed by atoms with van der Waals surface area (Å²) < 4.78 is 10.6. The molecule has 1 N–H and O–H groups in total. The third kappa shape index (κ3) is 4.85. The Morgan fingerprint density at radius 3 is 2.70 bits per heavy atom. The summed E-state index contributed by atoms with van der Waals surface area (Å²) in [5.74, 6) is -0.200. The third-order valence-corrected chi connectivity index (χ3v) is 5.50. The van der Waals surface area contributed by atoms with Crippen molar-refractivity contribution < 1.29 is 19.1 Å². The molecule has 0 saturated carbocycles. The first-order valence-corrected chi connectivity index (χ1v) is 10.7. The molecule has 0 aliphatic heterocycles. The largest absolute Gasteiger partial charge is 0.497 e. The molecule has 0 saturated heterocycles. The first-order valence-electron chi connectivity index (χ1n) is 10.7. The van der Waals surface area contributed by atoms with Crippen molar-refractivity contribution >= 4 is 34.4 Å². The molecule has 166 valence electrons. The Balaban J connectivity index is 1.65. The van der Waals surface area contributed by atoms with Crippen LogP contribution < -0.4 is 10.1 Å². The third-order valence-electron chi connectivity index (χ3n) is 5.50. The Hall–Kier alpha value is -4.18. The van der Waals surface area contributed by atoms with Crippen LogP contribution in [-0.2, 0) is 16.0 Å². The number of nitrogens with zero attached hydrogens (tertiary/aromatic N) is 2. The normalized spacial score (nSPS) is 13.4. The zero-order valence-corrected chi connectivity index (χ0v) is 18.3. The van der Waals surface area contributed by atoms with Gasteiger partial charge in [0.05, 0.1) is 36.4 Å². The molecule has 1 amide bonds. The average molecular weight is 441 g/mol. The van der Waals surface area contributed by atoms with Crippen LogP contribution in [0.4, 0.5) is 0 Å². The summed E-state index contributed by atoms with van der Waals surface area (Å²) in [5, 5.41) is 11.8. The molecule has 0 radical (unpaired) electrons. The lowest BCUT2D eigenvalue weighted by atomic mass is 10.0. The summed E-state index contributed by atoms with van der Waals surface area (Å²) in [6.07, 6.45) is 3.68. The van der Waals surface area contributed by atoms with Gasteiger partial charge in [0.25, 0.3) is 5.91 Å². The van der Waals surface area contributed by atoms with Gasteiger partial charge >= 0.3 is 5.97 Å². The Bertz CT molecular complexity index is 1270. The van der Waals surface area contributed by atoms with Crippen LogP contribution in [0.2, 0.25) is 0 Å². The molecule has 3 aromatic rings. The molecule has 1 aliphatic rings. The second-order valence-electron chi connectivity index (χ2n) is 7.61. The van der Waals surface area contributed by atoms with Crippen LogP contribution in [0.15, 0.2) is 48.5 Å². The number of nitriles is 1. The molecule has 33 heavy (non-hydrogen) atoms. The van der Waals surface area contributed by atoms with Crippen LogP contribution in [0.1, 0.15) is 40.0 Å². The van der Waals surface area contributed by atoms with E-state index in [1.165, 1.54) is 0 Å². The second kappa shape index (κ2) is 9.96. The first kappa shape index (κ1) is 22.0. The predicted octanol–water partition coefficient (Wildman–Crippen LogP) is 3.92. The van der Waals surface area contributed by atoms with Crippen LogP contribution in [0, 0.1) is 11.3 Å². The Morgan fingerprint density at radius 2 is 1.94 bits per heavy atom. The van der Waals surface area contributed by atoms with Crippen molar-refractivity contribution in [1.29, 1.82) is 5.26 Å². The van der Waals surface area contributed by atoms with Crippen LogP contribution >= 0.6 is 0 Å². The van der Waals surface area contributed by atoms with Gasteiger partial charge in [-0.3, -0.25) is 4.79 Å². The molecule has 2 aromatic carbocycles. The maximum absolute atomic E-state index is 13.1. The Morgan fingerprint density at radius 1 is 1.15 bits per heavy atom. The summed E-state index contributed by atoms with van der Waals surface area (Å²) in [6, 6.07) is 17.1. The van der Waals surface area contributed by atoms with Crippen LogP contribution in [0.25, 0.3) is 22.6 Å². The highest BCUT2D eigenvalue weighted by Gasteiger charge is 2.27. The van der Waals surface area contributed by atoms with Crippen molar-refractivity contribution in [1.82, 2.24) is 10.3 Å². The highest BCUT2D eigenvalue weighted by atomic mass is 16.5. The summed E-state index contributed by atoms with van der Waals surface area (Å²) in [5.41, 5.74) is 4.84. The zero-order chi connectivity index (χ0) is 23.2. The maximum atomic E-state index is 13.1. The monoisotopic (exact) mass is 441 g/mol. The number of benzene rings is 2. The van der Waals surface area contributed by atoms with Crippen molar-refractivity contribution in [3.63, 3.8) is 0 Å². The number of hydrogen-bond acceptors (Lipinski definition) is 6. The molecule has 0 atom stereocenters. The first-order chi connectivity index (χ1) is 16.1. The molecule has 0 bridgehead atoms. The summed E-state index contributed by atoms with van der Waals surface area (Å²) in [6.45, 7) is -0.176. The number of esters is 1. The van der Waals surface area contributed by atoms with Gasteiger partial charge in [0.2, 0.25) is 0 Å². The Labute approximate surface area is 191 Å². The second-order valence-corrected chi connectivity index (χ2v) is 7.61. The molecule has 1 aromatic heterocycles. The van der Waals surface area contributed by atoms with E-state index >= 15 is 0 Å². The lowest BCUT2D eigenvalue weighted by Gasteiger charge is -2.12. The lowest BCUT2D eigenvalue weighted by molar-refractivity contribution is -0.124. The van der Waals surface area contributed by atoms with Gasteiger partial charge in [-0.1, -0.05) is 30.3 Å². The van der Waals surface area contributed by atoms with E-state index in [0.717, 1.165) is 34.6 Å². The zero-order valence-electron chi connectivity index (χ0n) is 18.3. The van der Waals surface area contributed by atoms with Crippen molar-refractivity contribution in [3.8, 4) is 11.8 Å². The van der Waals surface area contributed by atoms with E-state index < -0.39 is 18.5 Å². The molecule has 4 rings (SSSR count). The quantitative estimate of drug-likeness (QED) is 0.441. The number of carbonyl (C=O) groups is 2. The average Bonchev–Trinajstić information content (AvgIpc) is 3.23. The minimum Gasteiger partial charge on any atom is -0.497 e. The number of rotatable bonds is 7. The molecule has 0 spiro atoms. The minimum absolute atomic E-state index is 0.200. The molecule has 1 aliphatic carbocycles. The summed E-state index contributed by atoms with van der Waals surface area (Å²) >= 11 is 0. The van der Waals surface area contributed by atoms with Crippen molar-refractivity contribution in [2.24, 2.45) is 0 Å². The molecule has 7 nitrogen and oxygen atoms in total. The van der Waals surface area contributed by atoms with E-state index in [1.54, 1.807) is 7.11 Å². The molecular weight excluding hydrogens is 418 g/mol. The highest BCUT2D eigenvalue weighted by molar-refractivity contribution is 6.07. The standard InChI is InChI=1S/C26H23N3O4/c1-32-19-10-7-17(8-11-19)15-18-9-12-21-24(20-5-2-3-6-22(20)29-25(18)21)26(31)33-16-23(30)28-14-4-13-27/h2-3,5-8,10-11,15H,4,9,12,14,16H2,1H3,(H,28,30)/b18-15-. The fraction of sp³-hybridized carbons (Fsp3) is 0.231. The van der Waals surface area contributed by atoms with Gasteiger partial charge in [-0.15, -0.1) is 0 Å². The highest BCUT2D eigenvalue weighted by Crippen LogP contribution is 2.37. The number of amides is 1. The van der Waals surface area contributed by atoms with E-state index in [2.05, 4.69) is 11.4 Å². The van der Waals surface area contributed by atoms with Crippen LogP contribution in [0.5, 0.6) is 5.75 Å². The number of pyridine rings is 1. The number of carbonyl (C=O) groups excluding carboxylic acids is 2. The van der Waals surface area contributed by atoms with Gasteiger partial charge in [0.1, 0.15) is 5.75 Å². The van der Waals surface area contributed by atoms with Gasteiger partial charge in [-0.25, -0.2) is 9.78 Å². The summed E-state index contributed by atoms with van der Waals surface area (Å²) in [7, 11) is 1.63. The fourth-order valence-corrected chi connectivity index (χ4v) is 3.93. The van der Waals surface area contributed by atoms with Crippen molar-refractivity contribution in [2.45, 2.75) is 19.3 Å². The molecule has 0 fully saturated rings. The topological polar surface area (TPSA) is 101 Å². The predicted molar refractivity (Wildman–Crippen MR) is 124 cm³/mol. The van der Waals surface area contributed by atoms with Gasteiger partial charge in [0.15, 0.2) is 6.61 Å². The van der Waals surface area contributed by atoms with E-state index in [9.17, 15) is 9.59 Å². The van der Waals surface area contributed by atoms with Gasteiger partial charge in [0, 0.05) is 11.9 Å². The Kier molecular flexibility index (Phi) is 6.65. The SMILES string of the molecule is COc1ccc(/C=C2/CCc3c2nc2ccccc2c3C(=O)OCC(=O)NCCC#N)cc1. The van der Waals surface area contributed by atoms with Crippen LogP contribution in [-0.4, -0.2) is 37.1 Å². The van der Waals surface area contributed by atoms with E-state index in [-0.39, 0.29) is 13.0 Å². The van der Waals surface area contributed by atoms with Gasteiger partial charge in [-0.2, -0.15) is 5.26 Å². The van der Waals surface area contributed by atoms with Gasteiger partial charge in [-0.05, 0) is 53.8 Å². The molecular formula is C26H23N3O4. The number of nitrogens with one attached hydrogen (secondary N) is 1. The summed E-state index contributed by atoms with van der Waals surface area (Å²) in [4.78, 5) is 29.8. The number of methoxy groups -OCH3 is 1. The van der Waals surface area contributed by atoms with Gasteiger partial charge < -0.3 is 14.8 Å². The smallest absolute Gasteiger partial charge is 0.339 e. The fourth-order valence-electron chi connectivity index (χ4n) is 3.93.